The molecule has 0 aliphatic carbocycles. The maximum atomic E-state index is 13.3. The van der Waals surface area contributed by atoms with Crippen LogP contribution < -0.4 is 11.4 Å². The molecule has 0 saturated heterocycles. The van der Waals surface area contributed by atoms with Gasteiger partial charge in [-0.15, -0.1) is 0 Å². The molecule has 3 N–H and O–H groups in total. The van der Waals surface area contributed by atoms with Gasteiger partial charge in [-0.25, -0.2) is 9.78 Å². The second kappa shape index (κ2) is 7.56. The molecule has 4 heterocycles. The van der Waals surface area contributed by atoms with Crippen LogP contribution in [0.3, 0.4) is 0 Å². The van der Waals surface area contributed by atoms with Crippen LogP contribution in [0.25, 0.3) is 38.8 Å². The molecule has 0 unspecified atom stereocenters. The largest absolute Gasteiger partial charge is 0.392 e. The molecule has 5 rings (SSSR count). The summed E-state index contributed by atoms with van der Waals surface area (Å²) < 4.78 is 5.18. The maximum absolute atomic E-state index is 13.3. The molecule has 0 saturated carbocycles. The van der Waals surface area contributed by atoms with Crippen LogP contribution in [0.15, 0.2) is 47.7 Å². The van der Waals surface area contributed by atoms with E-state index in [1.165, 1.54) is 0 Å². The van der Waals surface area contributed by atoms with Crippen molar-refractivity contribution in [2.24, 2.45) is 7.05 Å². The molecule has 9 heteroatoms. The van der Waals surface area contributed by atoms with E-state index in [1.807, 2.05) is 42.1 Å². The van der Waals surface area contributed by atoms with Gasteiger partial charge < -0.3 is 10.8 Å². The van der Waals surface area contributed by atoms with Gasteiger partial charge in [0.15, 0.2) is 0 Å². The van der Waals surface area contributed by atoms with Gasteiger partial charge >= 0.3 is 5.69 Å². The molecule has 0 spiro atoms. The number of benzene rings is 1. The van der Waals surface area contributed by atoms with Gasteiger partial charge in [-0.05, 0) is 44.5 Å². The summed E-state index contributed by atoms with van der Waals surface area (Å²) in [6, 6.07) is 7.86. The summed E-state index contributed by atoms with van der Waals surface area (Å²) in [5.41, 5.74) is 11.8. The molecule has 0 atom stereocenters. The molecule has 4 aromatic heterocycles. The number of aliphatic hydroxyl groups excluding tert-OH is 1. The quantitative estimate of drug-likeness (QED) is 0.441. The number of hydrogen-bond acceptors (Lipinski definition) is 6. The van der Waals surface area contributed by atoms with Crippen molar-refractivity contribution < 1.29 is 5.11 Å². The molecule has 1 aromatic carbocycles. The highest BCUT2D eigenvalue weighted by atomic mass is 16.3. The van der Waals surface area contributed by atoms with Gasteiger partial charge in [0.25, 0.3) is 0 Å². The Morgan fingerprint density at radius 3 is 2.61 bits per heavy atom. The first-order chi connectivity index (χ1) is 15.8. The smallest absolute Gasteiger partial charge is 0.333 e. The fraction of sp³-hybridized carbons (Fsp3) is 0.250. The van der Waals surface area contributed by atoms with Crippen LogP contribution >= 0.6 is 0 Å². The average molecular weight is 444 g/mol. The topological polar surface area (TPSA) is 117 Å². The summed E-state index contributed by atoms with van der Waals surface area (Å²) in [6.07, 6.45) is 5.32. The van der Waals surface area contributed by atoms with Gasteiger partial charge in [0.05, 0.1) is 40.7 Å². The van der Waals surface area contributed by atoms with Gasteiger partial charge in [0, 0.05) is 42.0 Å². The van der Waals surface area contributed by atoms with Crippen LogP contribution in [-0.2, 0) is 13.7 Å². The fourth-order valence-electron chi connectivity index (χ4n) is 4.16. The van der Waals surface area contributed by atoms with Crippen molar-refractivity contribution in [3.8, 4) is 16.8 Å². The van der Waals surface area contributed by atoms with Crippen molar-refractivity contribution in [1.82, 2.24) is 28.9 Å². The van der Waals surface area contributed by atoms with Crippen LogP contribution in [0.5, 0.6) is 0 Å². The highest BCUT2D eigenvalue weighted by Crippen LogP contribution is 2.31. The van der Waals surface area contributed by atoms with E-state index in [0.717, 1.165) is 44.4 Å². The van der Waals surface area contributed by atoms with Gasteiger partial charge in [-0.1, -0.05) is 6.07 Å². The number of rotatable bonds is 4. The van der Waals surface area contributed by atoms with E-state index in [9.17, 15) is 9.90 Å². The average Bonchev–Trinajstić information content (AvgIpc) is 3.31. The number of aliphatic hydroxyl groups is 1. The maximum Gasteiger partial charge on any atom is 0.333 e. The van der Waals surface area contributed by atoms with E-state index in [0.29, 0.717) is 11.4 Å². The molecule has 0 radical (unpaired) electrons. The van der Waals surface area contributed by atoms with E-state index < -0.39 is 0 Å². The van der Waals surface area contributed by atoms with Crippen molar-refractivity contribution in [2.75, 3.05) is 5.73 Å². The van der Waals surface area contributed by atoms with Crippen molar-refractivity contribution in [2.45, 2.75) is 33.4 Å². The summed E-state index contributed by atoms with van der Waals surface area (Å²) in [4.78, 5) is 22.2. The Balaban J connectivity index is 1.83. The van der Waals surface area contributed by atoms with E-state index in [4.69, 9.17) is 5.73 Å². The lowest BCUT2D eigenvalue weighted by molar-refractivity contribution is 0.282. The number of nitrogens with zero attached hydrogens (tertiary/aromatic N) is 6. The van der Waals surface area contributed by atoms with Gasteiger partial charge in [0.2, 0.25) is 0 Å². The minimum atomic E-state index is -0.191. The summed E-state index contributed by atoms with van der Waals surface area (Å²) >= 11 is 0. The molecule has 0 bridgehead atoms. The molecule has 5 aromatic rings. The number of imidazole rings is 1. The summed E-state index contributed by atoms with van der Waals surface area (Å²) in [7, 11) is 1.75. The normalized spacial score (nSPS) is 11.8. The Morgan fingerprint density at radius 2 is 1.91 bits per heavy atom. The SMILES string of the molecule is Cc1nn(C(C)C)cc1-n1c(=O)n(C)c2cnc3ccc(-c4cnc(N)c(CO)c4)cc3c21. The van der Waals surface area contributed by atoms with Crippen LogP contribution in [0.1, 0.15) is 31.1 Å². The number of nitrogens with two attached hydrogens (primary N) is 1. The summed E-state index contributed by atoms with van der Waals surface area (Å²) in [6.45, 7) is 5.82. The molecule has 0 amide bonds. The highest BCUT2D eigenvalue weighted by Gasteiger charge is 2.20. The van der Waals surface area contributed by atoms with Crippen LogP contribution in [0.4, 0.5) is 5.82 Å². The van der Waals surface area contributed by atoms with Crippen molar-refractivity contribution in [3.05, 3.63) is 64.6 Å². The molecule has 33 heavy (non-hydrogen) atoms. The van der Waals surface area contributed by atoms with E-state index in [1.54, 1.807) is 28.6 Å². The second-order valence-electron chi connectivity index (χ2n) is 8.50. The number of fused-ring (bicyclic) bond motifs is 3. The molecule has 168 valence electrons. The number of nitrogen functional groups attached to an aromatic ring is 1. The number of aromatic nitrogens is 6. The summed E-state index contributed by atoms with van der Waals surface area (Å²) in [5.74, 6) is 0.306. The number of hydrogen-bond donors (Lipinski definition) is 2. The minimum absolute atomic E-state index is 0.159. The lowest BCUT2D eigenvalue weighted by atomic mass is 10.0. The van der Waals surface area contributed by atoms with Crippen LogP contribution in [0, 0.1) is 6.92 Å². The first kappa shape index (κ1) is 20.9. The third-order valence-corrected chi connectivity index (χ3v) is 6.05. The zero-order chi connectivity index (χ0) is 23.4. The fourth-order valence-corrected chi connectivity index (χ4v) is 4.16. The zero-order valence-corrected chi connectivity index (χ0v) is 18.9. The third-order valence-electron chi connectivity index (χ3n) is 6.05. The molecule has 0 aliphatic rings. The van der Waals surface area contributed by atoms with Crippen LogP contribution in [-0.4, -0.2) is 34.0 Å². The van der Waals surface area contributed by atoms with Crippen molar-refractivity contribution >= 4 is 27.8 Å². The van der Waals surface area contributed by atoms with Gasteiger partial charge in [-0.3, -0.25) is 18.8 Å². The lowest BCUT2D eigenvalue weighted by Gasteiger charge is -2.09. The molecular weight excluding hydrogens is 418 g/mol. The number of anilines is 1. The Morgan fingerprint density at radius 1 is 1.12 bits per heavy atom. The van der Waals surface area contributed by atoms with Crippen LogP contribution in [0.2, 0.25) is 0 Å². The number of aryl methyl sites for hydroxylation is 2. The molecule has 0 aliphatic heterocycles. The summed E-state index contributed by atoms with van der Waals surface area (Å²) in [5, 5.41) is 15.0. The van der Waals surface area contributed by atoms with E-state index in [2.05, 4.69) is 28.9 Å². The Labute approximate surface area is 189 Å². The van der Waals surface area contributed by atoms with Gasteiger partial charge in [-0.2, -0.15) is 5.10 Å². The minimum Gasteiger partial charge on any atom is -0.392 e. The Kier molecular flexibility index (Phi) is 4.79. The standard InChI is InChI=1S/C24H25N7O2/c1-13(2)30-11-21(14(3)28-30)31-22-18-8-15(16-7-17(12-32)23(25)27-9-16)5-6-19(18)26-10-20(22)29(4)24(31)33/h5-11,13,32H,12H2,1-4H3,(H2,25,27). The zero-order valence-electron chi connectivity index (χ0n) is 18.9. The first-order valence-electron chi connectivity index (χ1n) is 10.7. The van der Waals surface area contributed by atoms with Gasteiger partial charge in [0.1, 0.15) is 5.82 Å². The van der Waals surface area contributed by atoms with E-state index >= 15 is 0 Å². The monoisotopic (exact) mass is 443 g/mol. The Bertz CT molecular complexity index is 1590. The predicted octanol–water partition coefficient (Wildman–Crippen LogP) is 3.10. The molecule has 9 nitrogen and oxygen atoms in total. The second-order valence-corrected chi connectivity index (χ2v) is 8.50. The number of pyridine rings is 2. The highest BCUT2D eigenvalue weighted by molar-refractivity contribution is 6.04. The predicted molar refractivity (Wildman–Crippen MR) is 128 cm³/mol. The Hall–Kier alpha value is -3.98. The van der Waals surface area contributed by atoms with Crippen molar-refractivity contribution in [1.29, 1.82) is 0 Å². The molecule has 0 fully saturated rings. The lowest BCUT2D eigenvalue weighted by Crippen LogP contribution is -2.21. The van der Waals surface area contributed by atoms with E-state index in [-0.39, 0.29) is 18.3 Å². The molecular formula is C24H25N7O2. The third kappa shape index (κ3) is 3.20. The van der Waals surface area contributed by atoms with Crippen molar-refractivity contribution in [3.63, 3.8) is 0 Å². The first-order valence-corrected chi connectivity index (χ1v) is 10.7.